The van der Waals surface area contributed by atoms with Crippen LogP contribution in [0.5, 0.6) is 5.75 Å². The van der Waals surface area contributed by atoms with Gasteiger partial charge < -0.3 is 10.1 Å². The molecule has 0 spiro atoms. The number of carbonyl (C=O) groups is 1. The number of hydrogen-bond acceptors (Lipinski definition) is 4. The fourth-order valence-electron chi connectivity index (χ4n) is 3.70. The predicted molar refractivity (Wildman–Crippen MR) is 105 cm³/mol. The number of carbonyl (C=O) groups excluding carboxylic acids is 1. The highest BCUT2D eigenvalue weighted by atomic mass is 19.4. The number of aryl methyl sites for hydroxylation is 1. The third kappa shape index (κ3) is 4.17. The molecule has 32 heavy (non-hydrogen) atoms. The van der Waals surface area contributed by atoms with Gasteiger partial charge in [-0.3, -0.25) is 14.5 Å². The van der Waals surface area contributed by atoms with Crippen LogP contribution in [0.25, 0.3) is 11.3 Å². The molecular weight excluding hydrogens is 428 g/mol. The number of nitrogens with zero attached hydrogens (tertiary/aromatic N) is 3. The van der Waals surface area contributed by atoms with E-state index in [-0.39, 0.29) is 17.2 Å². The third-order valence-electron chi connectivity index (χ3n) is 5.41. The molecule has 5 rings (SSSR count). The summed E-state index contributed by atoms with van der Waals surface area (Å²) >= 11 is 0. The molecule has 1 fully saturated rings. The molecule has 6 nitrogen and oxygen atoms in total. The Morgan fingerprint density at radius 3 is 2.69 bits per heavy atom. The van der Waals surface area contributed by atoms with Crippen LogP contribution < -0.4 is 10.1 Å². The van der Waals surface area contributed by atoms with Crippen molar-refractivity contribution in [2.75, 3.05) is 0 Å². The van der Waals surface area contributed by atoms with E-state index in [2.05, 4.69) is 15.4 Å². The first-order valence-electron chi connectivity index (χ1n) is 10.2. The molecule has 1 aromatic carbocycles. The second kappa shape index (κ2) is 7.61. The van der Waals surface area contributed by atoms with Gasteiger partial charge in [0.15, 0.2) is 0 Å². The first-order chi connectivity index (χ1) is 15.3. The van der Waals surface area contributed by atoms with Gasteiger partial charge in [-0.05, 0) is 49.6 Å². The molecule has 2 aromatic heterocycles. The lowest BCUT2D eigenvalue weighted by Gasteiger charge is -2.13. The zero-order valence-electron chi connectivity index (χ0n) is 16.7. The number of ether oxygens (including phenoxy) is 1. The molecule has 1 aliphatic heterocycles. The van der Waals surface area contributed by atoms with E-state index >= 15 is 0 Å². The first-order valence-corrected chi connectivity index (χ1v) is 10.2. The van der Waals surface area contributed by atoms with E-state index in [1.165, 1.54) is 18.2 Å². The van der Waals surface area contributed by atoms with Crippen LogP contribution in [0.15, 0.2) is 42.6 Å². The van der Waals surface area contributed by atoms with Gasteiger partial charge in [0.25, 0.3) is 5.91 Å². The predicted octanol–water partition coefficient (Wildman–Crippen LogP) is 4.52. The second-order valence-electron chi connectivity index (χ2n) is 7.91. The standard InChI is InChI=1S/C22H18F4N4O2/c23-14-7-13(8-16(10-14)32-15-1-2-15)21(31)28-17-4-6-30-19(17)11-18(29-30)12-3-5-27-20(9-12)22(24,25)26/h3,5,7-11,15,17H,1-2,4,6H2,(H,28,31). The summed E-state index contributed by atoms with van der Waals surface area (Å²) in [5, 5.41) is 7.23. The normalized spacial score (nSPS) is 17.8. The van der Waals surface area contributed by atoms with E-state index in [0.29, 0.717) is 30.1 Å². The number of pyridine rings is 1. The van der Waals surface area contributed by atoms with E-state index in [1.807, 2.05) is 0 Å². The summed E-state index contributed by atoms with van der Waals surface area (Å²) in [7, 11) is 0. The van der Waals surface area contributed by atoms with E-state index in [4.69, 9.17) is 4.74 Å². The SMILES string of the molecule is O=C(NC1CCn2nc(-c3ccnc(C(F)(F)F)c3)cc21)c1cc(F)cc(OC2CC2)c1. The van der Waals surface area contributed by atoms with Gasteiger partial charge >= 0.3 is 6.18 Å². The number of nitrogens with one attached hydrogen (secondary N) is 1. The Kier molecular flexibility index (Phi) is 4.87. The first kappa shape index (κ1) is 20.5. The van der Waals surface area contributed by atoms with E-state index in [1.54, 1.807) is 10.7 Å². The van der Waals surface area contributed by atoms with Crippen molar-refractivity contribution in [3.8, 4) is 17.0 Å². The molecule has 0 bridgehead atoms. The highest BCUT2D eigenvalue weighted by Gasteiger charge is 2.33. The number of benzene rings is 1. The van der Waals surface area contributed by atoms with Crippen LogP contribution >= 0.6 is 0 Å². The lowest BCUT2D eigenvalue weighted by molar-refractivity contribution is -0.141. The average molecular weight is 446 g/mol. The minimum absolute atomic E-state index is 0.0707. The molecule has 0 radical (unpaired) electrons. The van der Waals surface area contributed by atoms with Gasteiger partial charge in [0.1, 0.15) is 17.3 Å². The number of fused-ring (bicyclic) bond motifs is 1. The van der Waals surface area contributed by atoms with Crippen molar-refractivity contribution >= 4 is 5.91 Å². The molecule has 10 heteroatoms. The molecule has 166 valence electrons. The summed E-state index contributed by atoms with van der Waals surface area (Å²) in [6.07, 6.45) is -1.00. The highest BCUT2D eigenvalue weighted by Crippen LogP contribution is 2.33. The van der Waals surface area contributed by atoms with Gasteiger partial charge in [0.2, 0.25) is 0 Å². The topological polar surface area (TPSA) is 69.0 Å². The highest BCUT2D eigenvalue weighted by molar-refractivity contribution is 5.94. The minimum atomic E-state index is -4.55. The number of halogens is 4. The van der Waals surface area contributed by atoms with E-state index in [0.717, 1.165) is 31.2 Å². The van der Waals surface area contributed by atoms with E-state index in [9.17, 15) is 22.4 Å². The zero-order chi connectivity index (χ0) is 22.5. The van der Waals surface area contributed by atoms with Crippen molar-refractivity contribution in [2.45, 2.75) is 44.1 Å². The fraction of sp³-hybridized carbons (Fsp3) is 0.318. The van der Waals surface area contributed by atoms with Crippen LogP contribution in [0, 0.1) is 5.82 Å². The summed E-state index contributed by atoms with van der Waals surface area (Å²) in [6.45, 7) is 0.497. The van der Waals surface area contributed by atoms with Crippen molar-refractivity contribution < 1.29 is 27.1 Å². The van der Waals surface area contributed by atoms with Crippen LogP contribution in [-0.2, 0) is 12.7 Å². The third-order valence-corrected chi connectivity index (χ3v) is 5.41. The van der Waals surface area contributed by atoms with Gasteiger partial charge in [0.05, 0.1) is 23.5 Å². The minimum Gasteiger partial charge on any atom is -0.490 e. The Morgan fingerprint density at radius 1 is 1.12 bits per heavy atom. The summed E-state index contributed by atoms with van der Waals surface area (Å²) in [5.74, 6) is -0.714. The van der Waals surface area contributed by atoms with Crippen LogP contribution in [0.2, 0.25) is 0 Å². The Labute approximate surface area is 180 Å². The molecule has 1 atom stereocenters. The van der Waals surface area contributed by atoms with E-state index < -0.39 is 29.6 Å². The maximum atomic E-state index is 14.0. The summed E-state index contributed by atoms with van der Waals surface area (Å²) in [5.41, 5.74) is 0.458. The molecule has 3 aromatic rings. The lowest BCUT2D eigenvalue weighted by Crippen LogP contribution is -2.27. The van der Waals surface area contributed by atoms with Crippen LogP contribution in [0.4, 0.5) is 17.6 Å². The molecule has 1 aliphatic carbocycles. The molecule has 3 heterocycles. The molecule has 1 N–H and O–H groups in total. The van der Waals surface area contributed by atoms with Crippen molar-refractivity contribution in [1.29, 1.82) is 0 Å². The number of hydrogen-bond donors (Lipinski definition) is 1. The molecule has 0 saturated heterocycles. The Morgan fingerprint density at radius 2 is 1.94 bits per heavy atom. The van der Waals surface area contributed by atoms with Crippen LogP contribution in [0.3, 0.4) is 0 Å². The monoisotopic (exact) mass is 446 g/mol. The van der Waals surface area contributed by atoms with Crippen molar-refractivity contribution in [3.63, 3.8) is 0 Å². The maximum Gasteiger partial charge on any atom is 0.433 e. The average Bonchev–Trinajstić information content (AvgIpc) is 3.32. The number of aromatic nitrogens is 3. The Balaban J connectivity index is 1.35. The summed E-state index contributed by atoms with van der Waals surface area (Å²) in [6, 6.07) is 7.54. The zero-order valence-corrected chi connectivity index (χ0v) is 16.7. The fourth-order valence-corrected chi connectivity index (χ4v) is 3.70. The van der Waals surface area contributed by atoms with Gasteiger partial charge in [-0.1, -0.05) is 0 Å². The van der Waals surface area contributed by atoms with Crippen LogP contribution in [0.1, 0.15) is 47.1 Å². The summed E-state index contributed by atoms with van der Waals surface area (Å²) < 4.78 is 60.1. The van der Waals surface area contributed by atoms with Crippen molar-refractivity contribution in [3.05, 3.63) is 65.4 Å². The van der Waals surface area contributed by atoms with Gasteiger partial charge in [-0.25, -0.2) is 4.39 Å². The Bertz CT molecular complexity index is 1190. The maximum absolute atomic E-state index is 14.0. The smallest absolute Gasteiger partial charge is 0.433 e. The molecule has 1 saturated carbocycles. The second-order valence-corrected chi connectivity index (χ2v) is 7.91. The quantitative estimate of drug-likeness (QED) is 0.586. The van der Waals surface area contributed by atoms with Gasteiger partial charge in [0, 0.05) is 29.9 Å². The number of alkyl halides is 3. The number of rotatable bonds is 5. The molecule has 1 amide bonds. The largest absolute Gasteiger partial charge is 0.490 e. The molecule has 2 aliphatic rings. The van der Waals surface area contributed by atoms with Gasteiger partial charge in [-0.15, -0.1) is 0 Å². The summed E-state index contributed by atoms with van der Waals surface area (Å²) in [4.78, 5) is 16.1. The molecular formula is C22H18F4N4O2. The number of amides is 1. The molecule has 1 unspecified atom stereocenters. The van der Waals surface area contributed by atoms with Crippen molar-refractivity contribution in [2.24, 2.45) is 0 Å². The van der Waals surface area contributed by atoms with Gasteiger partial charge in [-0.2, -0.15) is 18.3 Å². The Hall–Kier alpha value is -3.43. The van der Waals surface area contributed by atoms with Crippen LogP contribution in [-0.4, -0.2) is 26.8 Å². The van der Waals surface area contributed by atoms with Crippen molar-refractivity contribution in [1.82, 2.24) is 20.1 Å². The lowest BCUT2D eigenvalue weighted by atomic mass is 10.1.